The first kappa shape index (κ1) is 22.9. The molecule has 0 spiro atoms. The third-order valence-corrected chi connectivity index (χ3v) is 6.71. The van der Waals surface area contributed by atoms with Crippen LogP contribution in [0.4, 0.5) is 4.79 Å². The van der Waals surface area contributed by atoms with E-state index in [1.807, 2.05) is 66.4 Å². The van der Waals surface area contributed by atoms with Crippen LogP contribution in [0.5, 0.6) is 0 Å². The first-order valence-corrected chi connectivity index (χ1v) is 11.2. The summed E-state index contributed by atoms with van der Waals surface area (Å²) in [5.41, 5.74) is 3.04. The number of Topliss-reactive ketones (excluding diaryl/α,β-unsaturated/α-hetero) is 1. The number of ketones is 1. The van der Waals surface area contributed by atoms with Gasteiger partial charge in [-0.1, -0.05) is 66.2 Å². The lowest BCUT2D eigenvalue weighted by Crippen LogP contribution is -2.12. The average molecular weight is 455 g/mol. The van der Waals surface area contributed by atoms with Gasteiger partial charge in [0, 0.05) is 26.6 Å². The van der Waals surface area contributed by atoms with Crippen molar-refractivity contribution >= 4 is 35.3 Å². The van der Waals surface area contributed by atoms with E-state index in [9.17, 15) is 4.79 Å². The van der Waals surface area contributed by atoms with Crippen molar-refractivity contribution in [3.63, 3.8) is 0 Å². The fourth-order valence-electron chi connectivity index (χ4n) is 3.68. The zero-order chi connectivity index (χ0) is 22.2. The molecule has 3 aromatic rings. The smallest absolute Gasteiger partial charge is 0.450 e. The van der Waals surface area contributed by atoms with E-state index < -0.39 is 6.16 Å². The number of carbonyl (C=O) groups is 2. The van der Waals surface area contributed by atoms with Crippen LogP contribution < -0.4 is 0 Å². The lowest BCUT2D eigenvalue weighted by molar-refractivity contribution is 0.0923. The van der Waals surface area contributed by atoms with Gasteiger partial charge in [-0.2, -0.15) is 0 Å². The Labute approximate surface area is 190 Å². The van der Waals surface area contributed by atoms with Crippen molar-refractivity contribution < 1.29 is 19.8 Å². The van der Waals surface area contributed by atoms with Crippen LogP contribution >= 0.6 is 23.4 Å². The quantitative estimate of drug-likeness (QED) is 0.393. The first-order chi connectivity index (χ1) is 14.9. The Kier molecular flexibility index (Phi) is 8.15. The zero-order valence-corrected chi connectivity index (χ0v) is 18.4. The normalized spacial score (nSPS) is 17.5. The first-order valence-electron chi connectivity index (χ1n) is 9.96. The molecule has 1 saturated carbocycles. The number of benzene rings is 3. The van der Waals surface area contributed by atoms with Gasteiger partial charge >= 0.3 is 6.16 Å². The van der Waals surface area contributed by atoms with E-state index in [4.69, 9.17) is 26.6 Å². The van der Waals surface area contributed by atoms with Crippen LogP contribution in [-0.2, 0) is 0 Å². The van der Waals surface area contributed by atoms with Gasteiger partial charge in [0.1, 0.15) is 0 Å². The Bertz CT molecular complexity index is 1000. The van der Waals surface area contributed by atoms with Gasteiger partial charge in [-0.25, -0.2) is 4.79 Å². The Morgan fingerprint density at radius 1 is 0.806 bits per heavy atom. The fourth-order valence-corrected chi connectivity index (χ4v) is 5.09. The molecule has 4 rings (SSSR count). The van der Waals surface area contributed by atoms with E-state index in [2.05, 4.69) is 24.3 Å². The molecular formula is C25H23ClO4S. The summed E-state index contributed by atoms with van der Waals surface area (Å²) in [6.45, 7) is 0. The molecule has 0 amide bonds. The number of hydrogen-bond acceptors (Lipinski definition) is 3. The highest BCUT2D eigenvalue weighted by atomic mass is 35.5. The molecule has 2 atom stereocenters. The van der Waals surface area contributed by atoms with E-state index in [1.165, 1.54) is 4.90 Å². The summed E-state index contributed by atoms with van der Waals surface area (Å²) in [5.74, 6) is 0.432. The number of carbonyl (C=O) groups excluding carboxylic acids is 1. The van der Waals surface area contributed by atoms with Gasteiger partial charge in [0.15, 0.2) is 5.78 Å². The van der Waals surface area contributed by atoms with E-state index in [0.717, 1.165) is 41.0 Å². The molecule has 2 N–H and O–H groups in total. The maximum atomic E-state index is 12.9. The molecule has 160 valence electrons. The standard InChI is InChI=1S/C24H21ClOS.CH2O3/c25-21-13-10-18(11-14-21)17-6-8-19(9-7-17)24(26)20-12-15-23(16-20)27-22-4-2-1-3-5-22;2-1(3)4/h1-11,13-14,20,23H,12,15-16H2;(H2,2,3,4)/t20-,23+;/m0./s1. The molecule has 1 aliphatic carbocycles. The molecule has 0 heterocycles. The van der Waals surface area contributed by atoms with Gasteiger partial charge in [0.2, 0.25) is 0 Å². The minimum Gasteiger partial charge on any atom is -0.450 e. The third-order valence-electron chi connectivity index (χ3n) is 5.15. The highest BCUT2D eigenvalue weighted by Gasteiger charge is 2.30. The maximum absolute atomic E-state index is 12.9. The Balaban J connectivity index is 0.000000628. The second-order valence-electron chi connectivity index (χ2n) is 7.29. The van der Waals surface area contributed by atoms with Crippen LogP contribution in [0.25, 0.3) is 11.1 Å². The van der Waals surface area contributed by atoms with E-state index in [-0.39, 0.29) is 11.7 Å². The van der Waals surface area contributed by atoms with Gasteiger partial charge in [0.05, 0.1) is 0 Å². The van der Waals surface area contributed by atoms with Crippen molar-refractivity contribution in [2.45, 2.75) is 29.4 Å². The molecule has 4 nitrogen and oxygen atoms in total. The summed E-state index contributed by atoms with van der Waals surface area (Å²) in [5, 5.41) is 15.2. The number of thioether (sulfide) groups is 1. The zero-order valence-electron chi connectivity index (χ0n) is 16.8. The van der Waals surface area contributed by atoms with Crippen molar-refractivity contribution in [3.8, 4) is 11.1 Å². The molecule has 6 heteroatoms. The molecule has 0 bridgehead atoms. The van der Waals surface area contributed by atoms with Crippen LogP contribution in [-0.4, -0.2) is 27.4 Å². The Morgan fingerprint density at radius 2 is 1.35 bits per heavy atom. The molecule has 0 radical (unpaired) electrons. The molecule has 0 aliphatic heterocycles. The molecule has 1 fully saturated rings. The van der Waals surface area contributed by atoms with Gasteiger partial charge in [0.25, 0.3) is 0 Å². The molecule has 0 saturated heterocycles. The highest BCUT2D eigenvalue weighted by molar-refractivity contribution is 8.00. The predicted molar refractivity (Wildman–Crippen MR) is 125 cm³/mol. The molecule has 0 aromatic heterocycles. The van der Waals surface area contributed by atoms with Crippen LogP contribution in [0.2, 0.25) is 5.02 Å². The van der Waals surface area contributed by atoms with E-state index in [0.29, 0.717) is 5.25 Å². The molecule has 31 heavy (non-hydrogen) atoms. The minimum atomic E-state index is -1.83. The van der Waals surface area contributed by atoms with Gasteiger partial charge in [-0.3, -0.25) is 4.79 Å². The van der Waals surface area contributed by atoms with Crippen LogP contribution in [0, 0.1) is 5.92 Å². The van der Waals surface area contributed by atoms with Gasteiger partial charge in [-0.15, -0.1) is 11.8 Å². The number of halogens is 1. The summed E-state index contributed by atoms with van der Waals surface area (Å²) in [7, 11) is 0. The van der Waals surface area contributed by atoms with Crippen molar-refractivity contribution in [2.75, 3.05) is 0 Å². The predicted octanol–water partition coefficient (Wildman–Crippen LogP) is 7.37. The van der Waals surface area contributed by atoms with Crippen LogP contribution in [0.1, 0.15) is 29.6 Å². The lowest BCUT2D eigenvalue weighted by atomic mass is 9.94. The lowest BCUT2D eigenvalue weighted by Gasteiger charge is -2.11. The highest BCUT2D eigenvalue weighted by Crippen LogP contribution is 2.39. The van der Waals surface area contributed by atoms with Crippen molar-refractivity contribution in [2.24, 2.45) is 5.92 Å². The summed E-state index contributed by atoms with van der Waals surface area (Å²) in [6, 6.07) is 26.2. The second-order valence-corrected chi connectivity index (χ2v) is 9.10. The minimum absolute atomic E-state index is 0.146. The van der Waals surface area contributed by atoms with Crippen LogP contribution in [0.15, 0.2) is 83.8 Å². The van der Waals surface area contributed by atoms with Crippen LogP contribution in [0.3, 0.4) is 0 Å². The average Bonchev–Trinajstić information content (AvgIpc) is 3.23. The molecule has 1 aliphatic rings. The summed E-state index contributed by atoms with van der Waals surface area (Å²) < 4.78 is 0. The van der Waals surface area contributed by atoms with Crippen molar-refractivity contribution in [1.29, 1.82) is 0 Å². The third kappa shape index (κ3) is 6.88. The number of carboxylic acid groups (broad SMARTS) is 2. The topological polar surface area (TPSA) is 74.6 Å². The van der Waals surface area contributed by atoms with E-state index >= 15 is 0 Å². The number of rotatable bonds is 5. The summed E-state index contributed by atoms with van der Waals surface area (Å²) in [4.78, 5) is 22.8. The van der Waals surface area contributed by atoms with Gasteiger partial charge in [-0.05, 0) is 54.7 Å². The van der Waals surface area contributed by atoms with E-state index in [1.54, 1.807) is 0 Å². The molecule has 3 aromatic carbocycles. The van der Waals surface area contributed by atoms with Gasteiger partial charge < -0.3 is 10.2 Å². The second kappa shape index (κ2) is 11.0. The molecule has 0 unspecified atom stereocenters. The largest absolute Gasteiger partial charge is 0.503 e. The van der Waals surface area contributed by atoms with Crippen molar-refractivity contribution in [3.05, 3.63) is 89.4 Å². The Hall–Kier alpha value is -2.76. The fraction of sp³-hybridized carbons (Fsp3) is 0.200. The maximum Gasteiger partial charge on any atom is 0.503 e. The Morgan fingerprint density at radius 3 is 1.94 bits per heavy atom. The number of hydrogen-bond donors (Lipinski definition) is 2. The SMILES string of the molecule is O=C(O)O.O=C(c1ccc(-c2ccc(Cl)cc2)cc1)[C@H]1CC[C@@H](Sc2ccccc2)C1. The summed E-state index contributed by atoms with van der Waals surface area (Å²) in [6.07, 6.45) is 1.23. The monoisotopic (exact) mass is 454 g/mol. The molecular weight excluding hydrogens is 432 g/mol. The van der Waals surface area contributed by atoms with Crippen molar-refractivity contribution in [1.82, 2.24) is 0 Å². The summed E-state index contributed by atoms with van der Waals surface area (Å²) >= 11 is 7.86.